The number of nitrogens with zero attached hydrogens (tertiary/aromatic N) is 3. The Balaban J connectivity index is 1.40. The molecule has 1 fully saturated rings. The van der Waals surface area contributed by atoms with Crippen LogP contribution < -0.4 is 0 Å². The topological polar surface area (TPSA) is 99.7 Å². The highest BCUT2D eigenvalue weighted by atomic mass is 35.5. The monoisotopic (exact) mass is 483 g/mol. The number of aromatic nitrogens is 2. The zero-order valence-corrected chi connectivity index (χ0v) is 20.3. The van der Waals surface area contributed by atoms with Crippen molar-refractivity contribution in [1.82, 2.24) is 15.0 Å². The molecule has 0 amide bonds. The SMILES string of the molecule is CC(C)Cc1ccc(-c2nc(-c3ccc(CN4CCC(CO)(C(=O)O)CC4)cc3)no2)cc1Cl. The van der Waals surface area contributed by atoms with Crippen molar-refractivity contribution in [2.24, 2.45) is 11.3 Å². The fourth-order valence-corrected chi connectivity index (χ4v) is 4.60. The van der Waals surface area contributed by atoms with Gasteiger partial charge in [0.1, 0.15) is 0 Å². The lowest BCUT2D eigenvalue weighted by Gasteiger charge is -2.37. The molecule has 1 aliphatic rings. The fraction of sp³-hybridized carbons (Fsp3) is 0.423. The maximum absolute atomic E-state index is 11.5. The molecule has 0 spiro atoms. The third-order valence-electron chi connectivity index (χ3n) is 6.54. The Morgan fingerprint density at radius 2 is 1.82 bits per heavy atom. The standard InChI is InChI=1S/C26H30ClN3O4/c1-17(2)13-20-7-8-21(14-22(20)27)24-28-23(29-34-24)19-5-3-18(4-6-19)15-30-11-9-26(16-31,10-12-30)25(32)33/h3-8,14,17,31H,9-13,15-16H2,1-2H3,(H,32,33). The number of piperidine rings is 1. The summed E-state index contributed by atoms with van der Waals surface area (Å²) in [5, 5.41) is 23.8. The number of hydrogen-bond donors (Lipinski definition) is 2. The van der Waals surface area contributed by atoms with E-state index in [4.69, 9.17) is 16.1 Å². The van der Waals surface area contributed by atoms with Crippen LogP contribution in [0.1, 0.15) is 37.8 Å². The first-order valence-electron chi connectivity index (χ1n) is 11.6. The maximum atomic E-state index is 11.5. The van der Waals surface area contributed by atoms with E-state index in [0.717, 1.165) is 35.2 Å². The molecule has 0 atom stereocenters. The molecule has 3 aromatic rings. The van der Waals surface area contributed by atoms with Gasteiger partial charge >= 0.3 is 5.97 Å². The van der Waals surface area contributed by atoms with Gasteiger partial charge in [0.05, 0.1) is 12.0 Å². The van der Waals surface area contributed by atoms with Crippen LogP contribution in [-0.2, 0) is 17.8 Å². The van der Waals surface area contributed by atoms with Gasteiger partial charge in [-0.1, -0.05) is 60.9 Å². The van der Waals surface area contributed by atoms with Crippen LogP contribution in [0.25, 0.3) is 22.8 Å². The zero-order chi connectivity index (χ0) is 24.3. The third kappa shape index (κ3) is 5.32. The molecular weight excluding hydrogens is 454 g/mol. The van der Waals surface area contributed by atoms with E-state index >= 15 is 0 Å². The van der Waals surface area contributed by atoms with Crippen LogP contribution in [0, 0.1) is 11.3 Å². The number of likely N-dealkylation sites (tertiary alicyclic amines) is 1. The Kier molecular flexibility index (Phi) is 7.36. The minimum atomic E-state index is -1.00. The molecular formula is C26H30ClN3O4. The number of carbonyl (C=O) groups is 1. The van der Waals surface area contributed by atoms with Gasteiger partial charge in [-0.2, -0.15) is 4.98 Å². The number of rotatable bonds is 8. The van der Waals surface area contributed by atoms with E-state index in [2.05, 4.69) is 28.9 Å². The van der Waals surface area contributed by atoms with Gasteiger partial charge in [-0.25, -0.2) is 0 Å². The molecule has 2 aromatic carbocycles. The number of aliphatic hydroxyl groups is 1. The molecule has 0 aliphatic carbocycles. The van der Waals surface area contributed by atoms with Gasteiger partial charge in [0.2, 0.25) is 5.82 Å². The van der Waals surface area contributed by atoms with E-state index < -0.39 is 11.4 Å². The molecule has 1 aliphatic heterocycles. The summed E-state index contributed by atoms with van der Waals surface area (Å²) in [7, 11) is 0. The average Bonchev–Trinajstić information content (AvgIpc) is 3.31. The summed E-state index contributed by atoms with van der Waals surface area (Å²) in [6, 6.07) is 13.8. The molecule has 1 saturated heterocycles. The highest BCUT2D eigenvalue weighted by Crippen LogP contribution is 2.32. The quantitative estimate of drug-likeness (QED) is 0.469. The van der Waals surface area contributed by atoms with Crippen LogP contribution in [0.15, 0.2) is 47.0 Å². The average molecular weight is 484 g/mol. The van der Waals surface area contributed by atoms with Crippen molar-refractivity contribution in [3.05, 3.63) is 58.6 Å². The molecule has 2 N–H and O–H groups in total. The number of hydrogen-bond acceptors (Lipinski definition) is 6. The maximum Gasteiger partial charge on any atom is 0.312 e. The van der Waals surface area contributed by atoms with Crippen molar-refractivity contribution in [2.45, 2.75) is 39.7 Å². The van der Waals surface area contributed by atoms with E-state index in [1.165, 1.54) is 0 Å². The first-order valence-corrected chi connectivity index (χ1v) is 12.0. The minimum absolute atomic E-state index is 0.314. The van der Waals surface area contributed by atoms with Crippen molar-refractivity contribution < 1.29 is 19.5 Å². The van der Waals surface area contributed by atoms with Gasteiger partial charge in [-0.05, 0) is 61.5 Å². The fourth-order valence-electron chi connectivity index (χ4n) is 4.34. The molecule has 34 heavy (non-hydrogen) atoms. The Morgan fingerprint density at radius 1 is 1.15 bits per heavy atom. The summed E-state index contributed by atoms with van der Waals surface area (Å²) in [4.78, 5) is 18.3. The van der Waals surface area contributed by atoms with Crippen molar-refractivity contribution in [2.75, 3.05) is 19.7 Å². The van der Waals surface area contributed by atoms with E-state index in [1.54, 1.807) is 0 Å². The second-order valence-electron chi connectivity index (χ2n) is 9.54. The lowest BCUT2D eigenvalue weighted by molar-refractivity contribution is -0.155. The van der Waals surface area contributed by atoms with Crippen molar-refractivity contribution in [3.63, 3.8) is 0 Å². The zero-order valence-electron chi connectivity index (χ0n) is 19.5. The van der Waals surface area contributed by atoms with Gasteiger partial charge in [0, 0.05) is 22.7 Å². The van der Waals surface area contributed by atoms with Gasteiger partial charge in [-0.3, -0.25) is 9.69 Å². The van der Waals surface area contributed by atoms with Crippen molar-refractivity contribution in [3.8, 4) is 22.8 Å². The smallest absolute Gasteiger partial charge is 0.312 e. The Hall–Kier alpha value is -2.74. The van der Waals surface area contributed by atoms with Crippen LogP contribution >= 0.6 is 11.6 Å². The van der Waals surface area contributed by atoms with Crippen LogP contribution in [0.2, 0.25) is 5.02 Å². The highest BCUT2D eigenvalue weighted by molar-refractivity contribution is 6.31. The Bertz CT molecular complexity index is 1140. The number of halogens is 1. The van der Waals surface area contributed by atoms with Crippen LogP contribution in [-0.4, -0.2) is 50.9 Å². The molecule has 8 heteroatoms. The molecule has 2 heterocycles. The summed E-state index contributed by atoms with van der Waals surface area (Å²) in [6.07, 6.45) is 1.82. The summed E-state index contributed by atoms with van der Waals surface area (Å²) in [5.74, 6) is 0.551. The third-order valence-corrected chi connectivity index (χ3v) is 6.89. The summed E-state index contributed by atoms with van der Waals surface area (Å²) in [6.45, 7) is 6.01. The van der Waals surface area contributed by atoms with Crippen molar-refractivity contribution >= 4 is 17.6 Å². The molecule has 4 rings (SSSR count). The molecule has 0 radical (unpaired) electrons. The van der Waals surface area contributed by atoms with E-state index in [0.29, 0.717) is 48.6 Å². The highest BCUT2D eigenvalue weighted by Gasteiger charge is 2.40. The predicted molar refractivity (Wildman–Crippen MR) is 130 cm³/mol. The second-order valence-corrected chi connectivity index (χ2v) is 9.95. The van der Waals surface area contributed by atoms with E-state index in [1.807, 2.05) is 42.5 Å². The van der Waals surface area contributed by atoms with Crippen LogP contribution in [0.5, 0.6) is 0 Å². The Labute approximate surface area is 204 Å². The summed E-state index contributed by atoms with van der Waals surface area (Å²) in [5.41, 5.74) is 2.86. The normalized spacial score (nSPS) is 16.1. The minimum Gasteiger partial charge on any atom is -0.481 e. The van der Waals surface area contributed by atoms with Gasteiger partial charge < -0.3 is 14.7 Å². The Morgan fingerprint density at radius 3 is 2.41 bits per heavy atom. The van der Waals surface area contributed by atoms with E-state index in [9.17, 15) is 15.0 Å². The molecule has 180 valence electrons. The summed E-state index contributed by atoms with van der Waals surface area (Å²) < 4.78 is 5.49. The van der Waals surface area contributed by atoms with E-state index in [-0.39, 0.29) is 6.61 Å². The lowest BCUT2D eigenvalue weighted by Crippen LogP contribution is -2.46. The predicted octanol–water partition coefficient (Wildman–Crippen LogP) is 4.91. The lowest BCUT2D eigenvalue weighted by atomic mass is 9.79. The molecule has 0 bridgehead atoms. The molecule has 0 saturated carbocycles. The summed E-state index contributed by atoms with van der Waals surface area (Å²) >= 11 is 6.45. The van der Waals surface area contributed by atoms with Gasteiger partial charge in [0.25, 0.3) is 5.89 Å². The first kappa shape index (κ1) is 24.4. The molecule has 7 nitrogen and oxygen atoms in total. The number of aliphatic hydroxyl groups excluding tert-OH is 1. The van der Waals surface area contributed by atoms with Gasteiger partial charge in [0.15, 0.2) is 0 Å². The first-order chi connectivity index (χ1) is 16.3. The number of carboxylic acids is 1. The van der Waals surface area contributed by atoms with Crippen LogP contribution in [0.3, 0.4) is 0 Å². The number of aliphatic carboxylic acids is 1. The largest absolute Gasteiger partial charge is 0.481 e. The number of benzene rings is 2. The molecule has 1 aromatic heterocycles. The van der Waals surface area contributed by atoms with Crippen molar-refractivity contribution in [1.29, 1.82) is 0 Å². The van der Waals surface area contributed by atoms with Gasteiger partial charge in [-0.15, -0.1) is 0 Å². The molecule has 0 unspecified atom stereocenters. The number of carboxylic acid groups (broad SMARTS) is 1. The second kappa shape index (κ2) is 10.3. The van der Waals surface area contributed by atoms with Crippen LogP contribution in [0.4, 0.5) is 0 Å².